The van der Waals surface area contributed by atoms with Crippen molar-refractivity contribution in [2.24, 2.45) is 5.41 Å². The fourth-order valence-corrected chi connectivity index (χ4v) is 3.65. The van der Waals surface area contributed by atoms with Crippen LogP contribution >= 0.6 is 0 Å². The summed E-state index contributed by atoms with van der Waals surface area (Å²) in [5, 5.41) is 3.69. The minimum atomic E-state index is 0.539. The average molecular weight is 268 g/mol. The predicted octanol–water partition coefficient (Wildman–Crippen LogP) is 2.66. The van der Waals surface area contributed by atoms with Crippen LogP contribution in [0.4, 0.5) is 0 Å². The Morgan fingerprint density at radius 1 is 1.05 bits per heavy atom. The third-order valence-electron chi connectivity index (χ3n) is 4.71. The highest BCUT2D eigenvalue weighted by molar-refractivity contribution is 4.88. The van der Waals surface area contributed by atoms with Gasteiger partial charge in [-0.2, -0.15) is 0 Å². The molecule has 0 aromatic carbocycles. The summed E-state index contributed by atoms with van der Waals surface area (Å²) in [7, 11) is 0. The van der Waals surface area contributed by atoms with Crippen LogP contribution in [-0.4, -0.2) is 50.8 Å². The Morgan fingerprint density at radius 3 is 2.68 bits per heavy atom. The third-order valence-corrected chi connectivity index (χ3v) is 4.71. The van der Waals surface area contributed by atoms with Crippen LogP contribution in [0.15, 0.2) is 0 Å². The molecule has 0 bridgehead atoms. The lowest BCUT2D eigenvalue weighted by molar-refractivity contribution is 0.0940. The maximum Gasteiger partial charge on any atom is 0.0593 e. The zero-order chi connectivity index (χ0) is 13.4. The van der Waals surface area contributed by atoms with Gasteiger partial charge in [-0.25, -0.2) is 0 Å². The zero-order valence-corrected chi connectivity index (χ0v) is 12.8. The molecule has 3 nitrogen and oxygen atoms in total. The second-order valence-electron chi connectivity index (χ2n) is 6.48. The average Bonchev–Trinajstić information content (AvgIpc) is 2.69. The molecule has 1 aliphatic heterocycles. The molecule has 0 atom stereocenters. The van der Waals surface area contributed by atoms with Crippen LogP contribution < -0.4 is 5.32 Å². The summed E-state index contributed by atoms with van der Waals surface area (Å²) >= 11 is 0. The largest absolute Gasteiger partial charge is 0.380 e. The Labute approximate surface area is 119 Å². The summed E-state index contributed by atoms with van der Waals surface area (Å²) in [5.74, 6) is 0. The van der Waals surface area contributed by atoms with Crippen LogP contribution in [0.1, 0.15) is 51.9 Å². The zero-order valence-electron chi connectivity index (χ0n) is 12.8. The number of rotatable bonds is 6. The summed E-state index contributed by atoms with van der Waals surface area (Å²) in [6.07, 6.45) is 9.59. The third kappa shape index (κ3) is 5.05. The molecule has 0 spiro atoms. The van der Waals surface area contributed by atoms with Crippen molar-refractivity contribution in [2.75, 3.05) is 45.9 Å². The molecule has 112 valence electrons. The molecule has 1 saturated carbocycles. The van der Waals surface area contributed by atoms with Gasteiger partial charge in [0.15, 0.2) is 0 Å². The molecule has 1 heterocycles. The molecule has 1 aliphatic carbocycles. The van der Waals surface area contributed by atoms with Crippen molar-refractivity contribution in [3.63, 3.8) is 0 Å². The highest BCUT2D eigenvalue weighted by Gasteiger charge is 2.33. The van der Waals surface area contributed by atoms with Gasteiger partial charge in [-0.05, 0) is 37.6 Å². The first-order chi connectivity index (χ1) is 9.35. The van der Waals surface area contributed by atoms with E-state index in [1.807, 2.05) is 0 Å². The van der Waals surface area contributed by atoms with Crippen LogP contribution in [0.3, 0.4) is 0 Å². The van der Waals surface area contributed by atoms with Gasteiger partial charge >= 0.3 is 0 Å². The molecule has 0 amide bonds. The van der Waals surface area contributed by atoms with Gasteiger partial charge in [0.25, 0.3) is 0 Å². The fraction of sp³-hybridized carbons (Fsp3) is 1.00. The first kappa shape index (κ1) is 15.3. The van der Waals surface area contributed by atoms with E-state index in [9.17, 15) is 0 Å². The van der Waals surface area contributed by atoms with Crippen molar-refractivity contribution in [3.05, 3.63) is 0 Å². The maximum atomic E-state index is 5.59. The molecular formula is C16H32N2O. The molecule has 0 aromatic rings. The molecule has 2 fully saturated rings. The summed E-state index contributed by atoms with van der Waals surface area (Å²) in [4.78, 5) is 2.66. The van der Waals surface area contributed by atoms with Gasteiger partial charge in [0.05, 0.1) is 6.61 Å². The lowest BCUT2D eigenvalue weighted by Crippen LogP contribution is -2.46. The highest BCUT2D eigenvalue weighted by atomic mass is 16.5. The maximum absolute atomic E-state index is 5.59. The van der Waals surface area contributed by atoms with Gasteiger partial charge in [0.2, 0.25) is 0 Å². The quantitative estimate of drug-likeness (QED) is 0.750. The van der Waals surface area contributed by atoms with E-state index < -0.39 is 0 Å². The lowest BCUT2D eigenvalue weighted by Gasteiger charge is -2.41. The van der Waals surface area contributed by atoms with E-state index in [1.54, 1.807) is 0 Å². The summed E-state index contributed by atoms with van der Waals surface area (Å²) < 4.78 is 5.59. The molecule has 0 unspecified atom stereocenters. The van der Waals surface area contributed by atoms with Gasteiger partial charge in [0, 0.05) is 32.8 Å². The highest BCUT2D eigenvalue weighted by Crippen LogP contribution is 2.36. The van der Waals surface area contributed by atoms with E-state index in [2.05, 4.69) is 17.1 Å². The van der Waals surface area contributed by atoms with Crippen molar-refractivity contribution in [1.82, 2.24) is 10.2 Å². The van der Waals surface area contributed by atoms with E-state index in [0.29, 0.717) is 5.41 Å². The summed E-state index contributed by atoms with van der Waals surface area (Å²) in [6, 6.07) is 0. The minimum Gasteiger partial charge on any atom is -0.380 e. The number of hydrogen-bond donors (Lipinski definition) is 1. The van der Waals surface area contributed by atoms with E-state index in [-0.39, 0.29) is 0 Å². The number of nitrogens with zero attached hydrogens (tertiary/aromatic N) is 1. The second-order valence-corrected chi connectivity index (χ2v) is 6.48. The molecule has 1 N–H and O–H groups in total. The Bertz CT molecular complexity index is 231. The summed E-state index contributed by atoms with van der Waals surface area (Å²) in [6.45, 7) is 10.2. The van der Waals surface area contributed by atoms with Gasteiger partial charge < -0.3 is 15.0 Å². The van der Waals surface area contributed by atoms with E-state index >= 15 is 0 Å². The van der Waals surface area contributed by atoms with Crippen LogP contribution in [0.2, 0.25) is 0 Å². The standard InChI is InChI=1S/C16H32N2O/c1-2-9-17-14-16(7-4-3-5-8-16)15-18-10-6-12-19-13-11-18/h17H,2-15H2,1H3. The Kier molecular flexibility index (Phi) is 6.62. The molecule has 1 saturated heterocycles. The first-order valence-electron chi connectivity index (χ1n) is 8.35. The Hall–Kier alpha value is -0.120. The van der Waals surface area contributed by atoms with Crippen LogP contribution in [0.5, 0.6) is 0 Å². The predicted molar refractivity (Wildman–Crippen MR) is 80.6 cm³/mol. The van der Waals surface area contributed by atoms with Gasteiger partial charge in [-0.1, -0.05) is 26.2 Å². The van der Waals surface area contributed by atoms with Gasteiger partial charge in [-0.3, -0.25) is 0 Å². The van der Waals surface area contributed by atoms with Crippen molar-refractivity contribution in [2.45, 2.75) is 51.9 Å². The number of hydrogen-bond acceptors (Lipinski definition) is 3. The Morgan fingerprint density at radius 2 is 1.89 bits per heavy atom. The van der Waals surface area contributed by atoms with E-state index in [1.165, 1.54) is 71.1 Å². The monoisotopic (exact) mass is 268 g/mol. The van der Waals surface area contributed by atoms with Crippen molar-refractivity contribution in [1.29, 1.82) is 0 Å². The first-order valence-corrected chi connectivity index (χ1v) is 8.35. The fourth-order valence-electron chi connectivity index (χ4n) is 3.65. The number of nitrogens with one attached hydrogen (secondary N) is 1. The van der Waals surface area contributed by atoms with Crippen LogP contribution in [-0.2, 0) is 4.74 Å². The molecule has 19 heavy (non-hydrogen) atoms. The molecular weight excluding hydrogens is 236 g/mol. The topological polar surface area (TPSA) is 24.5 Å². The second kappa shape index (κ2) is 8.23. The van der Waals surface area contributed by atoms with E-state index in [4.69, 9.17) is 4.74 Å². The lowest BCUT2D eigenvalue weighted by atomic mass is 9.73. The van der Waals surface area contributed by atoms with Gasteiger partial charge in [-0.15, -0.1) is 0 Å². The van der Waals surface area contributed by atoms with Gasteiger partial charge in [0.1, 0.15) is 0 Å². The van der Waals surface area contributed by atoms with Crippen molar-refractivity contribution in [3.8, 4) is 0 Å². The molecule has 0 radical (unpaired) electrons. The Balaban J connectivity index is 1.87. The molecule has 2 aliphatic rings. The van der Waals surface area contributed by atoms with Crippen LogP contribution in [0.25, 0.3) is 0 Å². The minimum absolute atomic E-state index is 0.539. The molecule has 2 rings (SSSR count). The molecule has 3 heteroatoms. The smallest absolute Gasteiger partial charge is 0.0593 e. The van der Waals surface area contributed by atoms with Crippen molar-refractivity contribution < 1.29 is 4.74 Å². The van der Waals surface area contributed by atoms with E-state index in [0.717, 1.165) is 19.8 Å². The van der Waals surface area contributed by atoms with Crippen molar-refractivity contribution >= 4 is 0 Å². The SMILES string of the molecule is CCCNCC1(CN2CCCOCC2)CCCCC1. The normalized spacial score (nSPS) is 25.1. The molecule has 0 aromatic heterocycles. The van der Waals surface area contributed by atoms with Crippen LogP contribution in [0, 0.1) is 5.41 Å². The summed E-state index contributed by atoms with van der Waals surface area (Å²) in [5.41, 5.74) is 0.539. The number of ether oxygens (including phenoxy) is 1.